The maximum atomic E-state index is 8.51. The monoisotopic (exact) mass is 229 g/mol. The zero-order valence-electron chi connectivity index (χ0n) is 8.41. The van der Waals surface area contributed by atoms with Crippen molar-refractivity contribution in [2.75, 3.05) is 7.11 Å². The van der Waals surface area contributed by atoms with Crippen molar-refractivity contribution < 1.29 is 9.94 Å². The SMILES string of the molecule is COc1cc(Cl)c(C)cc1N=C(N)NO. The van der Waals surface area contributed by atoms with Crippen LogP contribution in [0, 0.1) is 6.92 Å². The van der Waals surface area contributed by atoms with Gasteiger partial charge in [-0.3, -0.25) is 5.21 Å². The van der Waals surface area contributed by atoms with Crippen LogP contribution in [-0.4, -0.2) is 18.3 Å². The number of aliphatic imine (C=N–C) groups is 1. The number of nitrogens with one attached hydrogen (secondary N) is 1. The summed E-state index contributed by atoms with van der Waals surface area (Å²) in [4.78, 5) is 3.90. The molecule has 0 spiro atoms. The van der Waals surface area contributed by atoms with Crippen LogP contribution < -0.4 is 16.0 Å². The summed E-state index contributed by atoms with van der Waals surface area (Å²) >= 11 is 5.91. The number of methoxy groups -OCH3 is 1. The van der Waals surface area contributed by atoms with Gasteiger partial charge in [-0.05, 0) is 18.6 Å². The second-order valence-electron chi connectivity index (χ2n) is 2.88. The molecule has 6 heteroatoms. The summed E-state index contributed by atoms with van der Waals surface area (Å²) in [5.74, 6) is 0.374. The molecule has 0 aliphatic rings. The van der Waals surface area contributed by atoms with Gasteiger partial charge in [-0.25, -0.2) is 10.5 Å². The first-order valence-electron chi connectivity index (χ1n) is 4.17. The fourth-order valence-corrected chi connectivity index (χ4v) is 1.21. The standard InChI is InChI=1S/C9H12ClN3O2/c1-5-3-7(12-9(11)13-14)8(15-2)4-6(5)10/h3-4,14H,1-2H3,(H3,11,12,13). The van der Waals surface area contributed by atoms with Gasteiger partial charge in [-0.2, -0.15) is 0 Å². The van der Waals surface area contributed by atoms with E-state index < -0.39 is 0 Å². The van der Waals surface area contributed by atoms with Crippen molar-refractivity contribution in [3.05, 3.63) is 22.7 Å². The molecule has 1 aromatic rings. The third-order valence-corrected chi connectivity index (χ3v) is 2.22. The number of ether oxygens (including phenoxy) is 1. The zero-order valence-corrected chi connectivity index (χ0v) is 9.17. The molecule has 4 N–H and O–H groups in total. The predicted molar refractivity (Wildman–Crippen MR) is 58.9 cm³/mol. The maximum Gasteiger partial charge on any atom is 0.218 e. The molecule has 0 aliphatic heterocycles. The molecule has 0 heterocycles. The summed E-state index contributed by atoms with van der Waals surface area (Å²) in [7, 11) is 1.50. The molecule has 0 aromatic heterocycles. The lowest BCUT2D eigenvalue weighted by Gasteiger charge is -2.07. The first-order valence-corrected chi connectivity index (χ1v) is 4.54. The van der Waals surface area contributed by atoms with Gasteiger partial charge in [0.25, 0.3) is 0 Å². The molecule has 1 rings (SSSR count). The van der Waals surface area contributed by atoms with E-state index >= 15 is 0 Å². The van der Waals surface area contributed by atoms with Crippen molar-refractivity contribution in [2.24, 2.45) is 10.7 Å². The van der Waals surface area contributed by atoms with Crippen molar-refractivity contribution in [3.63, 3.8) is 0 Å². The van der Waals surface area contributed by atoms with Gasteiger partial charge >= 0.3 is 0 Å². The third-order valence-electron chi connectivity index (χ3n) is 1.82. The highest BCUT2D eigenvalue weighted by Crippen LogP contribution is 2.32. The highest BCUT2D eigenvalue weighted by Gasteiger charge is 2.06. The van der Waals surface area contributed by atoms with E-state index in [1.165, 1.54) is 7.11 Å². The number of hydrogen-bond donors (Lipinski definition) is 3. The molecule has 1 aromatic carbocycles. The van der Waals surface area contributed by atoms with Crippen molar-refractivity contribution in [2.45, 2.75) is 6.92 Å². The molecule has 0 amide bonds. The van der Waals surface area contributed by atoms with Crippen LogP contribution in [0.3, 0.4) is 0 Å². The average Bonchev–Trinajstić information content (AvgIpc) is 2.22. The Balaban J connectivity index is 3.22. The Morgan fingerprint density at radius 3 is 2.80 bits per heavy atom. The number of hydrogen-bond acceptors (Lipinski definition) is 3. The van der Waals surface area contributed by atoms with Crippen molar-refractivity contribution in [3.8, 4) is 5.75 Å². The van der Waals surface area contributed by atoms with Crippen molar-refractivity contribution in [1.29, 1.82) is 0 Å². The minimum atomic E-state index is -0.116. The van der Waals surface area contributed by atoms with Crippen LogP contribution >= 0.6 is 11.6 Å². The number of guanidine groups is 1. The topological polar surface area (TPSA) is 79.9 Å². The Morgan fingerprint density at radius 2 is 2.27 bits per heavy atom. The van der Waals surface area contributed by atoms with Crippen molar-refractivity contribution in [1.82, 2.24) is 5.48 Å². The quantitative estimate of drug-likeness (QED) is 0.409. The second kappa shape index (κ2) is 4.86. The summed E-state index contributed by atoms with van der Waals surface area (Å²) < 4.78 is 5.07. The molecular formula is C9H12ClN3O2. The molecule has 0 bridgehead atoms. The number of nitrogens with zero attached hydrogens (tertiary/aromatic N) is 1. The first-order chi connectivity index (χ1) is 7.08. The van der Waals surface area contributed by atoms with Gasteiger partial charge in [0.2, 0.25) is 5.96 Å². The number of hydroxylamine groups is 1. The zero-order chi connectivity index (χ0) is 11.4. The highest BCUT2D eigenvalue weighted by atomic mass is 35.5. The van der Waals surface area contributed by atoms with Crippen LogP contribution in [-0.2, 0) is 0 Å². The average molecular weight is 230 g/mol. The lowest BCUT2D eigenvalue weighted by Crippen LogP contribution is -2.27. The third kappa shape index (κ3) is 2.74. The summed E-state index contributed by atoms with van der Waals surface area (Å²) in [6.45, 7) is 1.84. The highest BCUT2D eigenvalue weighted by molar-refractivity contribution is 6.31. The minimum Gasteiger partial charge on any atom is -0.494 e. The molecule has 0 aliphatic carbocycles. The number of nitrogens with two attached hydrogens (primary N) is 1. The Morgan fingerprint density at radius 1 is 1.60 bits per heavy atom. The summed E-state index contributed by atoms with van der Waals surface area (Å²) in [6, 6.07) is 3.35. The van der Waals surface area contributed by atoms with Gasteiger partial charge in [0, 0.05) is 11.1 Å². The van der Waals surface area contributed by atoms with Crippen molar-refractivity contribution >= 4 is 23.2 Å². The first kappa shape index (κ1) is 11.6. The summed E-state index contributed by atoms with van der Waals surface area (Å²) in [5, 5.41) is 9.10. The van der Waals surface area contributed by atoms with Crippen LogP contribution in [0.15, 0.2) is 17.1 Å². The van der Waals surface area contributed by atoms with Crippen LogP contribution in [0.2, 0.25) is 5.02 Å². The molecule has 15 heavy (non-hydrogen) atoms. The molecule has 0 unspecified atom stereocenters. The lowest BCUT2D eigenvalue weighted by molar-refractivity contribution is 0.233. The van der Waals surface area contributed by atoms with E-state index in [-0.39, 0.29) is 5.96 Å². The lowest BCUT2D eigenvalue weighted by atomic mass is 10.2. The molecule has 0 saturated heterocycles. The minimum absolute atomic E-state index is 0.116. The Labute approximate surface area is 92.5 Å². The van der Waals surface area contributed by atoms with E-state index in [0.717, 1.165) is 5.56 Å². The fourth-order valence-electron chi connectivity index (χ4n) is 1.05. The molecular weight excluding hydrogens is 218 g/mol. The van der Waals surface area contributed by atoms with Crippen LogP contribution in [0.25, 0.3) is 0 Å². The largest absolute Gasteiger partial charge is 0.494 e. The Bertz CT molecular complexity index is 393. The maximum absolute atomic E-state index is 8.51. The van der Waals surface area contributed by atoms with E-state index in [1.54, 1.807) is 17.6 Å². The Hall–Kier alpha value is -1.46. The fraction of sp³-hybridized carbons (Fsp3) is 0.222. The van der Waals surface area contributed by atoms with Crippen LogP contribution in [0.1, 0.15) is 5.56 Å². The van der Waals surface area contributed by atoms with Crippen LogP contribution in [0.4, 0.5) is 5.69 Å². The van der Waals surface area contributed by atoms with E-state index in [2.05, 4.69) is 4.99 Å². The normalized spacial score (nSPS) is 11.3. The molecule has 0 fully saturated rings. The van der Waals surface area contributed by atoms with Gasteiger partial charge in [-0.1, -0.05) is 11.6 Å². The van der Waals surface area contributed by atoms with Crippen LogP contribution in [0.5, 0.6) is 5.75 Å². The number of benzene rings is 1. The predicted octanol–water partition coefficient (Wildman–Crippen LogP) is 1.58. The molecule has 0 saturated carbocycles. The van der Waals surface area contributed by atoms with E-state index in [4.69, 9.17) is 27.3 Å². The second-order valence-corrected chi connectivity index (χ2v) is 3.29. The smallest absolute Gasteiger partial charge is 0.218 e. The number of rotatable bonds is 2. The summed E-state index contributed by atoms with van der Waals surface area (Å²) in [5.41, 5.74) is 8.40. The van der Waals surface area contributed by atoms with E-state index in [1.807, 2.05) is 6.92 Å². The molecule has 82 valence electrons. The summed E-state index contributed by atoms with van der Waals surface area (Å²) in [6.07, 6.45) is 0. The van der Waals surface area contributed by atoms with E-state index in [0.29, 0.717) is 16.5 Å². The molecule has 0 radical (unpaired) electrons. The number of aryl methyl sites for hydroxylation is 1. The van der Waals surface area contributed by atoms with Gasteiger partial charge in [0.05, 0.1) is 7.11 Å². The van der Waals surface area contributed by atoms with Gasteiger partial charge in [0.15, 0.2) is 0 Å². The molecule has 0 atom stereocenters. The van der Waals surface area contributed by atoms with Gasteiger partial charge < -0.3 is 10.5 Å². The van der Waals surface area contributed by atoms with Gasteiger partial charge in [-0.15, -0.1) is 0 Å². The van der Waals surface area contributed by atoms with Gasteiger partial charge in [0.1, 0.15) is 11.4 Å². The Kier molecular flexibility index (Phi) is 3.76. The molecule has 5 nitrogen and oxygen atoms in total. The number of halogens is 1. The van der Waals surface area contributed by atoms with E-state index in [9.17, 15) is 0 Å².